The zero-order chi connectivity index (χ0) is 15.5. The molecule has 2 aliphatic rings. The van der Waals surface area contributed by atoms with Gasteiger partial charge in [0, 0.05) is 39.3 Å². The highest BCUT2D eigenvalue weighted by atomic mass is 16.2. The fourth-order valence-electron chi connectivity index (χ4n) is 3.00. The van der Waals surface area contributed by atoms with Gasteiger partial charge in [-0.15, -0.1) is 0 Å². The Morgan fingerprint density at radius 2 is 1.52 bits per heavy atom. The Hall–Kier alpha value is -1.14. The molecule has 0 saturated carbocycles. The Morgan fingerprint density at radius 3 is 2.14 bits per heavy atom. The molecule has 0 aliphatic carbocycles. The molecule has 0 unspecified atom stereocenters. The SMILES string of the molecule is CC(C)(N)C(=O)N1CCCN(CC(=O)N2CCCC2)CC1. The number of carbonyl (C=O) groups excluding carboxylic acids is 2. The van der Waals surface area contributed by atoms with E-state index in [0.29, 0.717) is 13.1 Å². The smallest absolute Gasteiger partial charge is 0.242 e. The largest absolute Gasteiger partial charge is 0.342 e. The maximum absolute atomic E-state index is 12.2. The van der Waals surface area contributed by atoms with Crippen LogP contribution in [-0.2, 0) is 9.59 Å². The summed E-state index contributed by atoms with van der Waals surface area (Å²) in [6.45, 7) is 8.78. The van der Waals surface area contributed by atoms with Crippen molar-refractivity contribution in [1.29, 1.82) is 0 Å². The first-order valence-electron chi connectivity index (χ1n) is 7.96. The molecule has 0 radical (unpaired) electrons. The second-order valence-electron chi connectivity index (χ2n) is 6.73. The van der Waals surface area contributed by atoms with Crippen LogP contribution in [0.3, 0.4) is 0 Å². The van der Waals surface area contributed by atoms with Crippen LogP contribution >= 0.6 is 0 Å². The Labute approximate surface area is 127 Å². The summed E-state index contributed by atoms with van der Waals surface area (Å²) in [5, 5.41) is 0. The van der Waals surface area contributed by atoms with Crippen molar-refractivity contribution in [2.45, 2.75) is 38.6 Å². The number of hydrogen-bond acceptors (Lipinski definition) is 4. The normalized spacial score (nSPS) is 21.5. The molecule has 0 spiro atoms. The van der Waals surface area contributed by atoms with Gasteiger partial charge in [0.25, 0.3) is 0 Å². The van der Waals surface area contributed by atoms with Gasteiger partial charge in [-0.05, 0) is 33.1 Å². The van der Waals surface area contributed by atoms with Crippen LogP contribution in [-0.4, -0.2) is 77.9 Å². The van der Waals surface area contributed by atoms with Crippen molar-refractivity contribution in [3.05, 3.63) is 0 Å². The lowest BCUT2D eigenvalue weighted by Gasteiger charge is -2.28. The van der Waals surface area contributed by atoms with Gasteiger partial charge >= 0.3 is 0 Å². The lowest BCUT2D eigenvalue weighted by Crippen LogP contribution is -2.52. The van der Waals surface area contributed by atoms with Crippen LogP contribution in [0.25, 0.3) is 0 Å². The van der Waals surface area contributed by atoms with Gasteiger partial charge in [0.1, 0.15) is 0 Å². The van der Waals surface area contributed by atoms with Crippen LogP contribution in [0.15, 0.2) is 0 Å². The summed E-state index contributed by atoms with van der Waals surface area (Å²) in [6.07, 6.45) is 3.15. The third-order valence-electron chi connectivity index (χ3n) is 4.24. The second kappa shape index (κ2) is 6.75. The topological polar surface area (TPSA) is 69.9 Å². The molecule has 0 atom stereocenters. The maximum Gasteiger partial charge on any atom is 0.242 e. The second-order valence-corrected chi connectivity index (χ2v) is 6.73. The highest BCUT2D eigenvalue weighted by Crippen LogP contribution is 2.11. The average Bonchev–Trinajstić information content (AvgIpc) is 2.85. The van der Waals surface area contributed by atoms with E-state index in [4.69, 9.17) is 5.73 Å². The Kier molecular flexibility index (Phi) is 5.22. The zero-order valence-corrected chi connectivity index (χ0v) is 13.3. The summed E-state index contributed by atoms with van der Waals surface area (Å²) in [5.41, 5.74) is 5.07. The van der Waals surface area contributed by atoms with Crippen LogP contribution in [0.4, 0.5) is 0 Å². The first kappa shape index (κ1) is 16.2. The van der Waals surface area contributed by atoms with Crippen molar-refractivity contribution in [1.82, 2.24) is 14.7 Å². The van der Waals surface area contributed by atoms with E-state index in [0.717, 1.165) is 52.0 Å². The molecule has 2 rings (SSSR count). The molecule has 6 heteroatoms. The molecular weight excluding hydrogens is 268 g/mol. The molecule has 2 aliphatic heterocycles. The van der Waals surface area contributed by atoms with Crippen LogP contribution in [0.2, 0.25) is 0 Å². The van der Waals surface area contributed by atoms with Gasteiger partial charge in [0.15, 0.2) is 0 Å². The molecule has 2 heterocycles. The van der Waals surface area contributed by atoms with Crippen molar-refractivity contribution in [2.24, 2.45) is 5.73 Å². The number of rotatable bonds is 3. The fourth-order valence-corrected chi connectivity index (χ4v) is 3.00. The predicted molar refractivity (Wildman–Crippen MR) is 81.7 cm³/mol. The minimum Gasteiger partial charge on any atom is -0.342 e. The van der Waals surface area contributed by atoms with Crippen molar-refractivity contribution in [3.8, 4) is 0 Å². The quantitative estimate of drug-likeness (QED) is 0.788. The van der Waals surface area contributed by atoms with Gasteiger partial charge in [-0.25, -0.2) is 0 Å². The molecule has 21 heavy (non-hydrogen) atoms. The van der Waals surface area contributed by atoms with Gasteiger partial charge in [-0.3, -0.25) is 14.5 Å². The Bertz CT molecular complexity index is 386. The molecule has 2 saturated heterocycles. The summed E-state index contributed by atoms with van der Waals surface area (Å²) in [7, 11) is 0. The molecule has 2 N–H and O–H groups in total. The molecule has 0 aromatic heterocycles. The highest BCUT2D eigenvalue weighted by Gasteiger charge is 2.29. The van der Waals surface area contributed by atoms with Crippen LogP contribution in [0, 0.1) is 0 Å². The minimum atomic E-state index is -0.819. The molecule has 2 amide bonds. The van der Waals surface area contributed by atoms with Gasteiger partial charge in [0.05, 0.1) is 12.1 Å². The highest BCUT2D eigenvalue weighted by molar-refractivity contribution is 5.85. The van der Waals surface area contributed by atoms with E-state index in [1.807, 2.05) is 9.80 Å². The van der Waals surface area contributed by atoms with Gasteiger partial charge in [0.2, 0.25) is 11.8 Å². The summed E-state index contributed by atoms with van der Waals surface area (Å²) in [6, 6.07) is 0. The Morgan fingerprint density at radius 1 is 0.905 bits per heavy atom. The molecule has 120 valence electrons. The summed E-state index contributed by atoms with van der Waals surface area (Å²) in [5.74, 6) is 0.224. The standard InChI is InChI=1S/C15H28N4O2/c1-15(2,16)14(21)19-9-5-6-17(10-11-19)12-13(20)18-7-3-4-8-18/h3-12,16H2,1-2H3. The van der Waals surface area contributed by atoms with Gasteiger partial charge in [-0.1, -0.05) is 0 Å². The Balaban J connectivity index is 1.83. The zero-order valence-electron chi connectivity index (χ0n) is 13.3. The predicted octanol–water partition coefficient (Wildman–Crippen LogP) is -0.120. The van der Waals surface area contributed by atoms with Gasteiger partial charge in [-0.2, -0.15) is 0 Å². The van der Waals surface area contributed by atoms with E-state index in [1.54, 1.807) is 13.8 Å². The van der Waals surface area contributed by atoms with Crippen LogP contribution in [0.5, 0.6) is 0 Å². The summed E-state index contributed by atoms with van der Waals surface area (Å²) in [4.78, 5) is 30.4. The van der Waals surface area contributed by atoms with E-state index in [2.05, 4.69) is 4.90 Å². The molecule has 0 aromatic carbocycles. The monoisotopic (exact) mass is 296 g/mol. The van der Waals surface area contributed by atoms with Crippen LogP contribution in [0.1, 0.15) is 33.1 Å². The summed E-state index contributed by atoms with van der Waals surface area (Å²) >= 11 is 0. The van der Waals surface area contributed by atoms with Gasteiger partial charge < -0.3 is 15.5 Å². The first-order chi connectivity index (χ1) is 9.88. The lowest BCUT2D eigenvalue weighted by molar-refractivity contribution is -0.135. The van der Waals surface area contributed by atoms with E-state index in [1.165, 1.54) is 0 Å². The maximum atomic E-state index is 12.2. The number of carbonyl (C=O) groups is 2. The van der Waals surface area contributed by atoms with E-state index < -0.39 is 5.54 Å². The van der Waals surface area contributed by atoms with E-state index in [9.17, 15) is 9.59 Å². The summed E-state index contributed by atoms with van der Waals surface area (Å²) < 4.78 is 0. The number of amides is 2. The lowest BCUT2D eigenvalue weighted by atomic mass is 10.1. The van der Waals surface area contributed by atoms with E-state index in [-0.39, 0.29) is 11.8 Å². The van der Waals surface area contributed by atoms with E-state index >= 15 is 0 Å². The molecular formula is C15H28N4O2. The fraction of sp³-hybridized carbons (Fsp3) is 0.867. The van der Waals surface area contributed by atoms with Crippen LogP contribution < -0.4 is 5.73 Å². The number of nitrogens with zero attached hydrogens (tertiary/aromatic N) is 3. The third kappa shape index (κ3) is 4.41. The third-order valence-corrected chi connectivity index (χ3v) is 4.24. The van der Waals surface area contributed by atoms with Crippen molar-refractivity contribution >= 4 is 11.8 Å². The average molecular weight is 296 g/mol. The number of hydrogen-bond donors (Lipinski definition) is 1. The van der Waals surface area contributed by atoms with Crippen molar-refractivity contribution in [2.75, 3.05) is 45.8 Å². The first-order valence-corrected chi connectivity index (χ1v) is 7.96. The molecule has 0 aromatic rings. The molecule has 2 fully saturated rings. The minimum absolute atomic E-state index is 0.00443. The van der Waals surface area contributed by atoms with Crippen molar-refractivity contribution in [3.63, 3.8) is 0 Å². The number of nitrogens with two attached hydrogens (primary N) is 1. The molecule has 0 bridgehead atoms. The van der Waals surface area contributed by atoms with Crippen molar-refractivity contribution < 1.29 is 9.59 Å². The number of likely N-dealkylation sites (tertiary alicyclic amines) is 1. The molecule has 6 nitrogen and oxygen atoms in total.